The van der Waals surface area contributed by atoms with Gasteiger partial charge in [0, 0.05) is 63.5 Å². The van der Waals surface area contributed by atoms with Crippen LogP contribution < -0.4 is 16.2 Å². The fourth-order valence-corrected chi connectivity index (χ4v) is 4.92. The van der Waals surface area contributed by atoms with Crippen LogP contribution in [0.5, 0.6) is 0 Å². The molecule has 0 saturated heterocycles. The highest BCUT2D eigenvalue weighted by atomic mass is 16.5. The Morgan fingerprint density at radius 3 is 2.70 bits per heavy atom. The van der Waals surface area contributed by atoms with Gasteiger partial charge in [0.05, 0.1) is 16.9 Å². The number of aromatic nitrogens is 3. The predicted molar refractivity (Wildman–Crippen MR) is 137 cm³/mol. The van der Waals surface area contributed by atoms with Crippen LogP contribution in [-0.2, 0) is 18.2 Å². The Labute approximate surface area is 198 Å². The molecule has 182 valence electrons. The molecule has 0 aromatic carbocycles. The third kappa shape index (κ3) is 5.52. The Kier molecular flexibility index (Phi) is 8.78. The maximum absolute atomic E-state index is 13.7. The molecule has 2 atom stereocenters. The van der Waals surface area contributed by atoms with Crippen molar-refractivity contribution in [3.63, 3.8) is 0 Å². The summed E-state index contributed by atoms with van der Waals surface area (Å²) in [5, 5.41) is 11.2. The first-order valence-corrected chi connectivity index (χ1v) is 12.4. The maximum Gasteiger partial charge on any atom is 0.262 e. The average Bonchev–Trinajstić information content (AvgIpc) is 3.18. The zero-order chi connectivity index (χ0) is 24.0. The van der Waals surface area contributed by atoms with Gasteiger partial charge in [0.25, 0.3) is 5.56 Å². The molecule has 2 N–H and O–H groups in total. The fourth-order valence-electron chi connectivity index (χ4n) is 4.92. The van der Waals surface area contributed by atoms with Gasteiger partial charge in [0.1, 0.15) is 0 Å². The fraction of sp³-hybridized carbons (Fsp3) is 0.615. The van der Waals surface area contributed by atoms with Crippen molar-refractivity contribution in [3.8, 4) is 11.3 Å². The van der Waals surface area contributed by atoms with Crippen molar-refractivity contribution in [1.29, 1.82) is 0 Å². The molecular formula is C26H41N5O2. The van der Waals surface area contributed by atoms with Crippen LogP contribution in [0.3, 0.4) is 0 Å². The SMILES string of the molecule is C=C(NC)c1c(NC)c(-c2cc(CCCOCCC)n(C)n2)cn(C2CCCCC2C)c1=O. The van der Waals surface area contributed by atoms with Crippen molar-refractivity contribution >= 4 is 11.4 Å². The second-order valence-electron chi connectivity index (χ2n) is 9.17. The quantitative estimate of drug-likeness (QED) is 0.485. The van der Waals surface area contributed by atoms with E-state index in [9.17, 15) is 4.79 Å². The van der Waals surface area contributed by atoms with Crippen molar-refractivity contribution in [2.45, 2.75) is 64.8 Å². The molecule has 2 aromatic rings. The van der Waals surface area contributed by atoms with E-state index >= 15 is 0 Å². The molecule has 2 heterocycles. The van der Waals surface area contributed by atoms with Crippen LogP contribution in [-0.4, -0.2) is 41.7 Å². The zero-order valence-corrected chi connectivity index (χ0v) is 21.0. The van der Waals surface area contributed by atoms with E-state index in [0.29, 0.717) is 17.2 Å². The number of nitrogens with zero attached hydrogens (tertiary/aromatic N) is 3. The van der Waals surface area contributed by atoms with Gasteiger partial charge in [-0.25, -0.2) is 0 Å². The number of hydrogen-bond acceptors (Lipinski definition) is 5. The maximum atomic E-state index is 13.7. The number of ether oxygens (including phenoxy) is 1. The summed E-state index contributed by atoms with van der Waals surface area (Å²) in [6.45, 7) is 10.1. The molecule has 33 heavy (non-hydrogen) atoms. The van der Waals surface area contributed by atoms with Crippen LogP contribution in [0.25, 0.3) is 17.0 Å². The Balaban J connectivity index is 2.05. The highest BCUT2D eigenvalue weighted by Gasteiger charge is 2.28. The molecule has 7 nitrogen and oxygen atoms in total. The second kappa shape index (κ2) is 11.5. The number of anilines is 1. The van der Waals surface area contributed by atoms with Crippen LogP contribution in [0.1, 0.15) is 69.7 Å². The predicted octanol–water partition coefficient (Wildman–Crippen LogP) is 4.59. The first-order chi connectivity index (χ1) is 15.9. The lowest BCUT2D eigenvalue weighted by Crippen LogP contribution is -2.33. The number of nitrogens with one attached hydrogen (secondary N) is 2. The smallest absolute Gasteiger partial charge is 0.262 e. The standard InChI is InChI=1S/C26H41N5O2/c1-7-14-33-15-10-12-20-16-22(29-30(20)6)21-17-31(23-13-9-8-11-18(23)2)26(32)24(19(3)27-4)25(21)28-5/h16-18,23,27-28H,3,7-15H2,1-2,4-6H3. The average molecular weight is 456 g/mol. The van der Waals surface area contributed by atoms with Gasteiger partial charge in [-0.15, -0.1) is 0 Å². The van der Waals surface area contributed by atoms with Gasteiger partial charge in [-0.05, 0) is 44.1 Å². The molecule has 2 aromatic heterocycles. The first-order valence-electron chi connectivity index (χ1n) is 12.4. The Hall–Kier alpha value is -2.54. The van der Waals surface area contributed by atoms with Crippen LogP contribution in [0.4, 0.5) is 5.69 Å². The molecule has 0 aliphatic heterocycles. The van der Waals surface area contributed by atoms with E-state index in [4.69, 9.17) is 9.84 Å². The van der Waals surface area contributed by atoms with Gasteiger partial charge in [-0.2, -0.15) is 5.10 Å². The molecule has 1 fully saturated rings. The van der Waals surface area contributed by atoms with Gasteiger partial charge in [-0.1, -0.05) is 33.3 Å². The number of rotatable bonds is 11. The lowest BCUT2D eigenvalue weighted by molar-refractivity contribution is 0.132. The molecule has 1 saturated carbocycles. The zero-order valence-electron chi connectivity index (χ0n) is 21.0. The van der Waals surface area contributed by atoms with Crippen molar-refractivity contribution in [3.05, 3.63) is 40.5 Å². The molecular weight excluding hydrogens is 414 g/mol. The largest absolute Gasteiger partial charge is 0.388 e. The first kappa shape index (κ1) is 25.1. The lowest BCUT2D eigenvalue weighted by Gasteiger charge is -2.32. The number of aryl methyl sites for hydroxylation is 2. The van der Waals surface area contributed by atoms with Gasteiger partial charge in [-0.3, -0.25) is 9.48 Å². The molecule has 0 spiro atoms. The summed E-state index contributed by atoms with van der Waals surface area (Å²) < 4.78 is 9.53. The summed E-state index contributed by atoms with van der Waals surface area (Å²) in [5.41, 5.74) is 4.95. The Morgan fingerprint density at radius 2 is 2.03 bits per heavy atom. The van der Waals surface area contributed by atoms with Crippen molar-refractivity contribution in [2.24, 2.45) is 13.0 Å². The minimum Gasteiger partial charge on any atom is -0.388 e. The van der Waals surface area contributed by atoms with E-state index < -0.39 is 0 Å². The third-order valence-electron chi connectivity index (χ3n) is 6.84. The second-order valence-corrected chi connectivity index (χ2v) is 9.17. The van der Waals surface area contributed by atoms with E-state index in [1.807, 2.05) is 29.5 Å². The molecule has 0 amide bonds. The molecule has 1 aliphatic rings. The van der Waals surface area contributed by atoms with E-state index in [0.717, 1.165) is 74.4 Å². The third-order valence-corrected chi connectivity index (χ3v) is 6.84. The molecule has 0 bridgehead atoms. The van der Waals surface area contributed by atoms with E-state index in [2.05, 4.69) is 37.1 Å². The number of hydrogen-bond donors (Lipinski definition) is 2. The normalized spacial score (nSPS) is 18.3. The topological polar surface area (TPSA) is 73.1 Å². The van der Waals surface area contributed by atoms with E-state index in [1.165, 1.54) is 6.42 Å². The minimum absolute atomic E-state index is 0.00503. The summed E-state index contributed by atoms with van der Waals surface area (Å²) in [5.74, 6) is 0.461. The summed E-state index contributed by atoms with van der Waals surface area (Å²) >= 11 is 0. The summed E-state index contributed by atoms with van der Waals surface area (Å²) in [7, 11) is 5.64. The van der Waals surface area contributed by atoms with Crippen LogP contribution in [0.2, 0.25) is 0 Å². The van der Waals surface area contributed by atoms with E-state index in [-0.39, 0.29) is 11.6 Å². The number of pyridine rings is 1. The molecule has 0 radical (unpaired) electrons. The highest BCUT2D eigenvalue weighted by Crippen LogP contribution is 2.37. The molecule has 1 aliphatic carbocycles. The minimum atomic E-state index is 0.00503. The summed E-state index contributed by atoms with van der Waals surface area (Å²) in [4.78, 5) is 13.7. The Bertz CT molecular complexity index is 1010. The lowest BCUT2D eigenvalue weighted by atomic mass is 9.85. The molecule has 3 rings (SSSR count). The van der Waals surface area contributed by atoms with Crippen molar-refractivity contribution in [1.82, 2.24) is 19.7 Å². The highest BCUT2D eigenvalue weighted by molar-refractivity contribution is 5.85. The molecule has 7 heteroatoms. The van der Waals surface area contributed by atoms with Crippen molar-refractivity contribution < 1.29 is 4.74 Å². The van der Waals surface area contributed by atoms with Gasteiger partial charge in [0.2, 0.25) is 0 Å². The van der Waals surface area contributed by atoms with Gasteiger partial charge >= 0.3 is 0 Å². The van der Waals surface area contributed by atoms with Crippen LogP contribution >= 0.6 is 0 Å². The Morgan fingerprint density at radius 1 is 1.27 bits per heavy atom. The summed E-state index contributed by atoms with van der Waals surface area (Å²) in [6, 6.07) is 2.33. The van der Waals surface area contributed by atoms with Gasteiger partial charge < -0.3 is 19.9 Å². The monoisotopic (exact) mass is 455 g/mol. The van der Waals surface area contributed by atoms with Crippen LogP contribution in [0.15, 0.2) is 23.6 Å². The van der Waals surface area contributed by atoms with Gasteiger partial charge in [0.15, 0.2) is 0 Å². The molecule has 2 unspecified atom stereocenters. The van der Waals surface area contributed by atoms with E-state index in [1.54, 1.807) is 7.05 Å². The van der Waals surface area contributed by atoms with Crippen LogP contribution in [0, 0.1) is 5.92 Å². The summed E-state index contributed by atoms with van der Waals surface area (Å²) in [6.07, 6.45) is 9.47. The van der Waals surface area contributed by atoms with Crippen molar-refractivity contribution in [2.75, 3.05) is 32.6 Å².